The first kappa shape index (κ1) is 11.4. The van der Waals surface area contributed by atoms with E-state index in [1.54, 1.807) is 31.2 Å². The second-order valence-corrected chi connectivity index (χ2v) is 3.23. The fourth-order valence-electron chi connectivity index (χ4n) is 1.12. The number of benzene rings is 1. The van der Waals surface area contributed by atoms with Crippen molar-refractivity contribution in [3.05, 3.63) is 41.7 Å². The zero-order valence-corrected chi connectivity index (χ0v) is 8.74. The Morgan fingerprint density at radius 2 is 2.00 bits per heavy atom. The predicted octanol–water partition coefficient (Wildman–Crippen LogP) is 2.79. The average Bonchev–Trinajstić information content (AvgIpc) is 2.16. The van der Waals surface area contributed by atoms with Gasteiger partial charge in [0.05, 0.1) is 0 Å². The molecule has 1 atom stereocenters. The summed E-state index contributed by atoms with van der Waals surface area (Å²) in [4.78, 5) is 10.6. The summed E-state index contributed by atoms with van der Waals surface area (Å²) in [5, 5.41) is 0. The van der Waals surface area contributed by atoms with Crippen molar-refractivity contribution in [3.8, 4) is 0 Å². The van der Waals surface area contributed by atoms with E-state index in [0.717, 1.165) is 5.56 Å². The van der Waals surface area contributed by atoms with Crippen molar-refractivity contribution in [1.82, 2.24) is 0 Å². The Morgan fingerprint density at radius 1 is 1.40 bits per heavy atom. The van der Waals surface area contributed by atoms with E-state index in [4.69, 9.17) is 4.74 Å². The van der Waals surface area contributed by atoms with Gasteiger partial charge >= 0.3 is 5.97 Å². The molecule has 3 heteroatoms. The molecule has 0 N–H and O–H groups in total. The van der Waals surface area contributed by atoms with Crippen molar-refractivity contribution in [2.75, 3.05) is 0 Å². The van der Waals surface area contributed by atoms with E-state index in [2.05, 4.69) is 0 Å². The summed E-state index contributed by atoms with van der Waals surface area (Å²) >= 11 is 0. The monoisotopic (exact) mass is 208 g/mol. The smallest absolute Gasteiger partial charge is 0.303 e. The Morgan fingerprint density at radius 3 is 2.53 bits per heavy atom. The molecule has 2 nitrogen and oxygen atoms in total. The first-order valence-corrected chi connectivity index (χ1v) is 4.69. The first-order chi connectivity index (χ1) is 7.08. The van der Waals surface area contributed by atoms with Crippen LogP contribution in [0.25, 0.3) is 6.08 Å². The molecule has 0 saturated heterocycles. The topological polar surface area (TPSA) is 26.3 Å². The van der Waals surface area contributed by atoms with Crippen molar-refractivity contribution in [1.29, 1.82) is 0 Å². The van der Waals surface area contributed by atoms with Crippen LogP contribution in [0.15, 0.2) is 30.3 Å². The van der Waals surface area contributed by atoms with Crippen LogP contribution in [0.1, 0.15) is 19.4 Å². The number of hydrogen-bond acceptors (Lipinski definition) is 2. The highest BCUT2D eigenvalue weighted by Crippen LogP contribution is 2.06. The summed E-state index contributed by atoms with van der Waals surface area (Å²) < 4.78 is 17.5. The third-order valence-corrected chi connectivity index (χ3v) is 1.78. The minimum Gasteiger partial charge on any atom is -0.459 e. The molecule has 0 aliphatic carbocycles. The summed E-state index contributed by atoms with van der Waals surface area (Å²) in [5.74, 6) is -0.577. The summed E-state index contributed by atoms with van der Waals surface area (Å²) in [7, 11) is 0. The molecule has 1 aromatic rings. The number of hydrogen-bond donors (Lipinski definition) is 0. The van der Waals surface area contributed by atoms with Gasteiger partial charge in [-0.15, -0.1) is 0 Å². The minimum atomic E-state index is -0.314. The third kappa shape index (κ3) is 4.40. The fourth-order valence-corrected chi connectivity index (χ4v) is 1.12. The average molecular weight is 208 g/mol. The Kier molecular flexibility index (Phi) is 4.03. The van der Waals surface area contributed by atoms with Crippen LogP contribution in [0.4, 0.5) is 4.39 Å². The molecule has 1 rings (SSSR count). The van der Waals surface area contributed by atoms with Crippen molar-refractivity contribution >= 4 is 12.0 Å². The lowest BCUT2D eigenvalue weighted by molar-refractivity contribution is -0.143. The highest BCUT2D eigenvalue weighted by Gasteiger charge is 1.99. The van der Waals surface area contributed by atoms with Gasteiger partial charge in [0.1, 0.15) is 11.9 Å². The van der Waals surface area contributed by atoms with Crippen molar-refractivity contribution < 1.29 is 13.9 Å². The van der Waals surface area contributed by atoms with E-state index < -0.39 is 0 Å². The lowest BCUT2D eigenvalue weighted by Crippen LogP contribution is -2.08. The maximum atomic E-state index is 12.6. The first-order valence-electron chi connectivity index (χ1n) is 4.69. The quantitative estimate of drug-likeness (QED) is 0.714. The fraction of sp³-hybridized carbons (Fsp3) is 0.250. The van der Waals surface area contributed by atoms with Gasteiger partial charge in [-0.3, -0.25) is 4.79 Å². The molecule has 0 spiro atoms. The molecule has 0 bridgehead atoms. The van der Waals surface area contributed by atoms with Crippen LogP contribution in [0.3, 0.4) is 0 Å². The number of carbonyl (C=O) groups is 1. The van der Waals surface area contributed by atoms with Crippen molar-refractivity contribution in [2.24, 2.45) is 0 Å². The molecule has 0 saturated carbocycles. The van der Waals surface area contributed by atoms with Crippen LogP contribution in [-0.2, 0) is 9.53 Å². The number of esters is 1. The lowest BCUT2D eigenvalue weighted by atomic mass is 10.2. The minimum absolute atomic E-state index is 0.264. The number of halogens is 1. The van der Waals surface area contributed by atoms with Gasteiger partial charge in [0.15, 0.2) is 0 Å². The maximum absolute atomic E-state index is 12.6. The number of rotatable bonds is 3. The SMILES string of the molecule is CC(=O)O[C@H](C)/C=C/c1ccc(F)cc1. The molecule has 0 aliphatic rings. The van der Waals surface area contributed by atoms with Gasteiger partial charge in [0, 0.05) is 6.92 Å². The normalized spacial score (nSPS) is 12.7. The number of ether oxygens (including phenoxy) is 1. The highest BCUT2D eigenvalue weighted by molar-refractivity contribution is 5.66. The van der Waals surface area contributed by atoms with Crippen LogP contribution in [0.5, 0.6) is 0 Å². The number of carbonyl (C=O) groups excluding carboxylic acids is 1. The molecule has 0 radical (unpaired) electrons. The Labute approximate surface area is 88.4 Å². The molecule has 0 aromatic heterocycles. The molecule has 0 unspecified atom stereocenters. The van der Waals surface area contributed by atoms with Crippen LogP contribution >= 0.6 is 0 Å². The van der Waals surface area contributed by atoms with E-state index in [1.165, 1.54) is 19.1 Å². The van der Waals surface area contributed by atoms with E-state index >= 15 is 0 Å². The Hall–Kier alpha value is -1.64. The molecule has 0 fully saturated rings. The van der Waals surface area contributed by atoms with E-state index in [-0.39, 0.29) is 17.9 Å². The van der Waals surface area contributed by atoms with Crippen LogP contribution in [0.2, 0.25) is 0 Å². The Balaban J connectivity index is 2.57. The molecule has 1 aromatic carbocycles. The second kappa shape index (κ2) is 5.29. The van der Waals surface area contributed by atoms with E-state index in [9.17, 15) is 9.18 Å². The second-order valence-electron chi connectivity index (χ2n) is 3.23. The van der Waals surface area contributed by atoms with E-state index in [0.29, 0.717) is 0 Å². The zero-order valence-electron chi connectivity index (χ0n) is 8.74. The standard InChI is InChI=1S/C12H13FO2/c1-9(15-10(2)14)3-4-11-5-7-12(13)8-6-11/h3-9H,1-2H3/b4-3+/t9-/m1/s1. The molecule has 80 valence electrons. The third-order valence-electron chi connectivity index (χ3n) is 1.78. The van der Waals surface area contributed by atoms with Crippen LogP contribution in [-0.4, -0.2) is 12.1 Å². The molecular weight excluding hydrogens is 195 g/mol. The summed E-state index contributed by atoms with van der Waals surface area (Å²) in [6.07, 6.45) is 3.26. The maximum Gasteiger partial charge on any atom is 0.303 e. The molecule has 0 aliphatic heterocycles. The summed E-state index contributed by atoms with van der Waals surface area (Å²) in [6, 6.07) is 6.09. The van der Waals surface area contributed by atoms with Crippen molar-refractivity contribution in [2.45, 2.75) is 20.0 Å². The van der Waals surface area contributed by atoms with Crippen LogP contribution in [0, 0.1) is 5.82 Å². The molecular formula is C12H13FO2. The zero-order chi connectivity index (χ0) is 11.3. The van der Waals surface area contributed by atoms with Gasteiger partial charge in [0.25, 0.3) is 0 Å². The molecule has 0 amide bonds. The van der Waals surface area contributed by atoms with Gasteiger partial charge < -0.3 is 4.74 Å². The largest absolute Gasteiger partial charge is 0.459 e. The molecule has 15 heavy (non-hydrogen) atoms. The summed E-state index contributed by atoms with van der Waals surface area (Å²) in [5.41, 5.74) is 0.871. The van der Waals surface area contributed by atoms with Gasteiger partial charge in [-0.1, -0.05) is 18.2 Å². The lowest BCUT2D eigenvalue weighted by Gasteiger charge is -2.05. The van der Waals surface area contributed by atoms with Gasteiger partial charge in [0.2, 0.25) is 0 Å². The van der Waals surface area contributed by atoms with Gasteiger partial charge in [-0.25, -0.2) is 4.39 Å². The summed E-state index contributed by atoms with van der Waals surface area (Å²) in [6.45, 7) is 3.13. The predicted molar refractivity (Wildman–Crippen MR) is 56.7 cm³/mol. The molecule has 0 heterocycles. The van der Waals surface area contributed by atoms with Gasteiger partial charge in [-0.05, 0) is 30.7 Å². The van der Waals surface area contributed by atoms with Crippen LogP contribution < -0.4 is 0 Å². The van der Waals surface area contributed by atoms with Gasteiger partial charge in [-0.2, -0.15) is 0 Å². The highest BCUT2D eigenvalue weighted by atomic mass is 19.1. The van der Waals surface area contributed by atoms with E-state index in [1.807, 2.05) is 0 Å². The van der Waals surface area contributed by atoms with Crippen molar-refractivity contribution in [3.63, 3.8) is 0 Å². The Bertz CT molecular complexity index is 354.